The van der Waals surface area contributed by atoms with E-state index in [4.69, 9.17) is 34.1 Å². The van der Waals surface area contributed by atoms with Crippen LogP contribution in [0.3, 0.4) is 0 Å². The molecule has 7 nitrogen and oxygen atoms in total. The van der Waals surface area contributed by atoms with Crippen molar-refractivity contribution in [3.05, 3.63) is 137 Å². The molecule has 0 unspecified atom stereocenters. The van der Waals surface area contributed by atoms with Crippen LogP contribution in [0.1, 0.15) is 39.3 Å². The highest BCUT2D eigenvalue weighted by Gasteiger charge is 2.20. The van der Waals surface area contributed by atoms with Crippen molar-refractivity contribution < 1.29 is 4.79 Å². The van der Waals surface area contributed by atoms with Crippen LogP contribution >= 0.6 is 12.2 Å². The van der Waals surface area contributed by atoms with Gasteiger partial charge in [0.05, 0.1) is 17.6 Å². The molecule has 0 bridgehead atoms. The Balaban J connectivity index is 1.29. The van der Waals surface area contributed by atoms with Crippen molar-refractivity contribution in [2.45, 2.75) is 32.4 Å². The fourth-order valence-electron chi connectivity index (χ4n) is 5.83. The normalized spacial score (nSPS) is 12.9. The summed E-state index contributed by atoms with van der Waals surface area (Å²) < 4.78 is 2.22. The number of benzene rings is 4. The summed E-state index contributed by atoms with van der Waals surface area (Å²) in [6, 6.07) is 28.1. The van der Waals surface area contributed by atoms with Crippen molar-refractivity contribution >= 4 is 50.6 Å². The van der Waals surface area contributed by atoms with Crippen molar-refractivity contribution in [2.24, 2.45) is 11.5 Å². The van der Waals surface area contributed by atoms with Gasteiger partial charge in [-0.05, 0) is 58.2 Å². The van der Waals surface area contributed by atoms with Gasteiger partial charge in [0, 0.05) is 48.5 Å². The second-order valence-corrected chi connectivity index (χ2v) is 11.9. The van der Waals surface area contributed by atoms with E-state index in [9.17, 15) is 4.79 Å². The lowest BCUT2D eigenvalue weighted by Crippen LogP contribution is -2.34. The molecular formula is C37H36N6OS. The number of rotatable bonds is 11. The first-order chi connectivity index (χ1) is 21.9. The summed E-state index contributed by atoms with van der Waals surface area (Å²) in [6.45, 7) is 1.91. The van der Waals surface area contributed by atoms with E-state index in [0.717, 1.165) is 56.7 Å². The number of aryl methyl sites for hydroxylation is 2. The van der Waals surface area contributed by atoms with Gasteiger partial charge in [0.2, 0.25) is 0 Å². The fraction of sp³-hybridized carbons (Fsp3) is 0.189. The molecule has 0 radical (unpaired) electrons. The summed E-state index contributed by atoms with van der Waals surface area (Å²) in [6.07, 6.45) is 8.45. The van der Waals surface area contributed by atoms with E-state index >= 15 is 0 Å². The number of amidine groups is 1. The average Bonchev–Trinajstić information content (AvgIpc) is 3.40. The van der Waals surface area contributed by atoms with Crippen molar-refractivity contribution in [1.82, 2.24) is 14.5 Å². The Labute approximate surface area is 268 Å². The number of nitrogens with one attached hydrogen (secondary N) is 1. The lowest BCUT2D eigenvalue weighted by molar-refractivity contribution is 0.0748. The van der Waals surface area contributed by atoms with Crippen LogP contribution in [0, 0.1) is 5.41 Å². The Hall–Kier alpha value is -4.92. The van der Waals surface area contributed by atoms with Crippen LogP contribution in [0.25, 0.3) is 21.8 Å². The number of carbonyl (C=O) groups excluding carboxylic acids is 1. The molecule has 1 amide bonds. The molecule has 1 aliphatic rings. The van der Waals surface area contributed by atoms with Gasteiger partial charge in [0.15, 0.2) is 0 Å². The van der Waals surface area contributed by atoms with Crippen molar-refractivity contribution in [3.8, 4) is 0 Å². The Bertz CT molecular complexity index is 1970. The van der Waals surface area contributed by atoms with Crippen molar-refractivity contribution in [3.63, 3.8) is 0 Å². The second-order valence-electron chi connectivity index (χ2n) is 11.4. The van der Waals surface area contributed by atoms with Crippen molar-refractivity contribution in [2.75, 3.05) is 13.1 Å². The highest BCUT2D eigenvalue weighted by Crippen LogP contribution is 2.24. The van der Waals surface area contributed by atoms with Gasteiger partial charge >= 0.3 is 0 Å². The van der Waals surface area contributed by atoms with Gasteiger partial charge in [-0.1, -0.05) is 91.1 Å². The molecule has 0 aliphatic heterocycles. The molecule has 1 aromatic heterocycles. The summed E-state index contributed by atoms with van der Waals surface area (Å²) in [5, 5.41) is 9.98. The Morgan fingerprint density at radius 1 is 0.933 bits per heavy atom. The number of hydrogen-bond donors (Lipinski definition) is 3. The zero-order chi connectivity index (χ0) is 31.3. The van der Waals surface area contributed by atoms with Crippen LogP contribution in [-0.4, -0.2) is 44.1 Å². The molecule has 0 atom stereocenters. The minimum Gasteiger partial charge on any atom is -0.384 e. The van der Waals surface area contributed by atoms with E-state index in [1.54, 1.807) is 0 Å². The van der Waals surface area contributed by atoms with Crippen LogP contribution in [0.5, 0.6) is 0 Å². The lowest BCUT2D eigenvalue weighted by Gasteiger charge is -2.22. The van der Waals surface area contributed by atoms with Crippen LogP contribution in [-0.2, 0) is 25.9 Å². The first-order valence-electron chi connectivity index (χ1n) is 15.2. The van der Waals surface area contributed by atoms with E-state index in [1.165, 1.54) is 5.39 Å². The van der Waals surface area contributed by atoms with Crippen LogP contribution in [0.2, 0.25) is 0 Å². The molecule has 0 fully saturated rings. The molecule has 8 heteroatoms. The maximum atomic E-state index is 13.9. The van der Waals surface area contributed by atoms with Gasteiger partial charge in [-0.2, -0.15) is 0 Å². The number of carbonyl (C=O) groups is 1. The van der Waals surface area contributed by atoms with Gasteiger partial charge in [-0.15, -0.1) is 0 Å². The maximum Gasteiger partial charge on any atom is 0.254 e. The van der Waals surface area contributed by atoms with E-state index in [2.05, 4.69) is 53.1 Å². The summed E-state index contributed by atoms with van der Waals surface area (Å²) in [5.41, 5.74) is 17.9. The number of aromatic nitrogens is 2. The zero-order valence-electron chi connectivity index (χ0n) is 25.1. The largest absolute Gasteiger partial charge is 0.384 e. The minimum atomic E-state index is -0.0709. The fourth-order valence-corrected chi connectivity index (χ4v) is 6.06. The van der Waals surface area contributed by atoms with Gasteiger partial charge in [-0.3, -0.25) is 10.2 Å². The number of nitrogen functional groups attached to an aromatic ring is 1. The highest BCUT2D eigenvalue weighted by atomic mass is 32.1. The molecular weight excluding hydrogens is 577 g/mol. The standard InChI is InChI=1S/C37H36N6OS/c38-19-20-42(23-26-11-13-27-5-1-2-6-29(27)21-26)37(44)30-16-17-33-32(22-30)41-35(43(33)24-31-7-3-4-8-34(31)45)18-12-25-9-14-28(15-10-25)36(39)40/h1-7,9-11,13-17,21-22H,8,12,18-20,23-24,38H2,(H3,39,40). The number of imidazole rings is 1. The third-order valence-electron chi connectivity index (χ3n) is 8.27. The van der Waals surface area contributed by atoms with Crippen LogP contribution in [0.4, 0.5) is 0 Å². The Morgan fingerprint density at radius 2 is 1.69 bits per heavy atom. The number of allylic oxidation sites excluding steroid dienone is 4. The monoisotopic (exact) mass is 612 g/mol. The smallest absolute Gasteiger partial charge is 0.254 e. The highest BCUT2D eigenvalue weighted by molar-refractivity contribution is 7.80. The first-order valence-corrected chi connectivity index (χ1v) is 15.6. The molecule has 1 heterocycles. The van der Waals surface area contributed by atoms with E-state index in [0.29, 0.717) is 43.7 Å². The molecule has 1 aliphatic carbocycles. The predicted octanol–water partition coefficient (Wildman–Crippen LogP) is 6.12. The summed E-state index contributed by atoms with van der Waals surface area (Å²) in [4.78, 5) is 21.7. The average molecular weight is 613 g/mol. The number of hydrogen-bond acceptors (Lipinski definition) is 5. The Kier molecular flexibility index (Phi) is 8.96. The SMILES string of the molecule is N=C(N)c1ccc(CCc2nc3cc(C(=O)N(CCN)Cc4ccc5ccccc5c4)ccc3n2CC2=CC=CCC2=S)cc1. The lowest BCUT2D eigenvalue weighted by atomic mass is 10.0. The molecule has 4 aromatic carbocycles. The predicted molar refractivity (Wildman–Crippen MR) is 187 cm³/mol. The first kappa shape index (κ1) is 30.1. The summed E-state index contributed by atoms with van der Waals surface area (Å²) in [5.74, 6) is 0.915. The summed E-state index contributed by atoms with van der Waals surface area (Å²) >= 11 is 5.69. The van der Waals surface area contributed by atoms with Crippen molar-refractivity contribution in [1.29, 1.82) is 5.41 Å². The molecule has 0 spiro atoms. The van der Waals surface area contributed by atoms with Crippen LogP contribution in [0.15, 0.2) is 109 Å². The second kappa shape index (κ2) is 13.4. The zero-order valence-corrected chi connectivity index (χ0v) is 25.9. The summed E-state index contributed by atoms with van der Waals surface area (Å²) in [7, 11) is 0. The van der Waals surface area contributed by atoms with Gasteiger partial charge < -0.3 is 20.9 Å². The minimum absolute atomic E-state index is 0.0572. The van der Waals surface area contributed by atoms with E-state index in [-0.39, 0.29) is 11.7 Å². The van der Waals surface area contributed by atoms with Gasteiger partial charge in [0.1, 0.15) is 11.7 Å². The molecule has 5 aromatic rings. The molecule has 226 valence electrons. The number of nitrogens with two attached hydrogens (primary N) is 2. The van der Waals surface area contributed by atoms with E-state index < -0.39 is 0 Å². The third-order valence-corrected chi connectivity index (χ3v) is 8.70. The molecule has 45 heavy (non-hydrogen) atoms. The quantitative estimate of drug-likeness (QED) is 0.0946. The van der Waals surface area contributed by atoms with E-state index in [1.807, 2.05) is 59.5 Å². The number of nitrogens with zero attached hydrogens (tertiary/aromatic N) is 3. The third kappa shape index (κ3) is 6.77. The van der Waals surface area contributed by atoms with Gasteiger partial charge in [-0.25, -0.2) is 4.98 Å². The molecule has 0 saturated carbocycles. The Morgan fingerprint density at radius 3 is 2.44 bits per heavy atom. The van der Waals surface area contributed by atoms with Crippen LogP contribution < -0.4 is 11.5 Å². The van der Waals surface area contributed by atoms with Gasteiger partial charge in [0.25, 0.3) is 5.91 Å². The molecule has 0 saturated heterocycles. The topological polar surface area (TPSA) is 114 Å². The number of fused-ring (bicyclic) bond motifs is 2. The maximum absolute atomic E-state index is 13.9. The molecule has 6 rings (SSSR count). The molecule has 5 N–H and O–H groups in total. The number of amides is 1. The number of thiocarbonyl (C=S) groups is 1.